The summed E-state index contributed by atoms with van der Waals surface area (Å²) in [7, 11) is 0. The molecule has 6 heteroatoms. The van der Waals surface area contributed by atoms with Gasteiger partial charge in [-0.3, -0.25) is 9.78 Å². The van der Waals surface area contributed by atoms with E-state index >= 15 is 0 Å². The Morgan fingerprint density at radius 3 is 2.12 bits per heavy atom. The molecule has 3 nitrogen and oxygen atoms in total. The summed E-state index contributed by atoms with van der Waals surface area (Å²) in [5.74, 6) is -2.29. The fraction of sp³-hybridized carbons (Fsp3) is 0.571. The zero-order valence-electron chi connectivity index (χ0n) is 20.5. The first-order valence-corrected chi connectivity index (χ1v) is 12.7. The standard InChI is InChI=1S/C28H38F3NO2/c1-3-5-7-8-9-10-11-12-22-14-19-26(32-21-22)23-15-17-25(18-16-23)34-27(33)20-24(13-6-4-2)28(29,30)31/h14-19,21,24H,3-13,20H2,1-2H3. The van der Waals surface area contributed by atoms with Crippen LogP contribution >= 0.6 is 0 Å². The normalized spacial score (nSPS) is 12.5. The molecule has 1 unspecified atom stereocenters. The maximum Gasteiger partial charge on any atom is 0.392 e. The maximum atomic E-state index is 13.1. The second-order valence-corrected chi connectivity index (χ2v) is 9.01. The third kappa shape index (κ3) is 10.3. The number of pyridine rings is 1. The number of carbonyl (C=O) groups is 1. The highest BCUT2D eigenvalue weighted by Crippen LogP contribution is 2.33. The van der Waals surface area contributed by atoms with Crippen LogP contribution in [-0.2, 0) is 11.2 Å². The smallest absolute Gasteiger partial charge is 0.392 e. The number of hydrogen-bond donors (Lipinski definition) is 0. The molecule has 1 aromatic carbocycles. The summed E-state index contributed by atoms with van der Waals surface area (Å²) in [6.45, 7) is 4.05. The van der Waals surface area contributed by atoms with E-state index in [1.165, 1.54) is 50.5 Å². The zero-order chi connectivity index (χ0) is 24.8. The number of rotatable bonds is 15. The number of unbranched alkanes of at least 4 members (excludes halogenated alkanes) is 7. The predicted molar refractivity (Wildman–Crippen MR) is 131 cm³/mol. The van der Waals surface area contributed by atoms with Crippen LogP contribution in [0.2, 0.25) is 0 Å². The van der Waals surface area contributed by atoms with E-state index in [1.54, 1.807) is 24.3 Å². The summed E-state index contributed by atoms with van der Waals surface area (Å²) in [6.07, 6.45) is 7.82. The summed E-state index contributed by atoms with van der Waals surface area (Å²) in [5, 5.41) is 0. The van der Waals surface area contributed by atoms with Crippen LogP contribution in [0.4, 0.5) is 13.2 Å². The largest absolute Gasteiger partial charge is 0.427 e. The van der Waals surface area contributed by atoms with Crippen LogP contribution in [0.15, 0.2) is 42.6 Å². The van der Waals surface area contributed by atoms with Crippen molar-refractivity contribution >= 4 is 5.97 Å². The second kappa shape index (κ2) is 14.8. The minimum absolute atomic E-state index is 0.0609. The van der Waals surface area contributed by atoms with E-state index < -0.39 is 24.5 Å². The minimum Gasteiger partial charge on any atom is -0.427 e. The molecule has 0 aliphatic rings. The van der Waals surface area contributed by atoms with Gasteiger partial charge in [0.1, 0.15) is 5.75 Å². The van der Waals surface area contributed by atoms with Crippen molar-refractivity contribution < 1.29 is 22.7 Å². The summed E-state index contributed by atoms with van der Waals surface area (Å²) < 4.78 is 44.6. The van der Waals surface area contributed by atoms with Crippen molar-refractivity contribution in [2.45, 2.75) is 97.1 Å². The molecule has 1 atom stereocenters. The van der Waals surface area contributed by atoms with Gasteiger partial charge >= 0.3 is 12.1 Å². The van der Waals surface area contributed by atoms with E-state index in [4.69, 9.17) is 4.74 Å². The van der Waals surface area contributed by atoms with Crippen LogP contribution < -0.4 is 4.74 Å². The molecule has 0 saturated heterocycles. The highest BCUT2D eigenvalue weighted by molar-refractivity contribution is 5.73. The molecule has 0 saturated carbocycles. The molecule has 0 spiro atoms. The molecule has 1 heterocycles. The lowest BCUT2D eigenvalue weighted by molar-refractivity contribution is -0.183. The van der Waals surface area contributed by atoms with Crippen LogP contribution in [-0.4, -0.2) is 17.1 Å². The van der Waals surface area contributed by atoms with E-state index in [9.17, 15) is 18.0 Å². The summed E-state index contributed by atoms with van der Waals surface area (Å²) in [5.41, 5.74) is 2.88. The van der Waals surface area contributed by atoms with Gasteiger partial charge in [-0.25, -0.2) is 0 Å². The van der Waals surface area contributed by atoms with E-state index in [1.807, 2.05) is 19.2 Å². The van der Waals surface area contributed by atoms with Gasteiger partial charge < -0.3 is 4.74 Å². The van der Waals surface area contributed by atoms with Gasteiger partial charge in [-0.2, -0.15) is 13.2 Å². The molecule has 0 aliphatic heterocycles. The molecule has 188 valence electrons. The highest BCUT2D eigenvalue weighted by atomic mass is 19.4. The van der Waals surface area contributed by atoms with Crippen molar-refractivity contribution in [3.05, 3.63) is 48.2 Å². The van der Waals surface area contributed by atoms with Crippen molar-refractivity contribution in [3.8, 4) is 17.0 Å². The minimum atomic E-state index is -4.40. The average molecular weight is 478 g/mol. The molecule has 0 fully saturated rings. The molecular weight excluding hydrogens is 439 g/mol. The van der Waals surface area contributed by atoms with Crippen LogP contribution in [0, 0.1) is 5.92 Å². The second-order valence-electron chi connectivity index (χ2n) is 9.01. The van der Waals surface area contributed by atoms with Crippen LogP contribution in [0.25, 0.3) is 11.3 Å². The first kappa shape index (κ1) is 27.9. The van der Waals surface area contributed by atoms with Gasteiger partial charge in [0, 0.05) is 11.8 Å². The number of esters is 1. The Labute approximate surface area is 202 Å². The molecule has 0 bridgehead atoms. The van der Waals surface area contributed by atoms with Gasteiger partial charge in [-0.1, -0.05) is 71.3 Å². The number of halogens is 3. The summed E-state index contributed by atoms with van der Waals surface area (Å²) in [6, 6.07) is 10.8. The Balaban J connectivity index is 1.82. The molecule has 34 heavy (non-hydrogen) atoms. The number of alkyl halides is 3. The molecule has 0 aliphatic carbocycles. The number of aromatic nitrogens is 1. The van der Waals surface area contributed by atoms with Gasteiger partial charge in [0.2, 0.25) is 0 Å². The number of aryl methyl sites for hydroxylation is 1. The van der Waals surface area contributed by atoms with Crippen LogP contribution in [0.1, 0.15) is 90.0 Å². The monoisotopic (exact) mass is 477 g/mol. The topological polar surface area (TPSA) is 39.2 Å². The predicted octanol–water partition coefficient (Wildman–Crippen LogP) is 8.71. The molecular formula is C28H38F3NO2. The molecule has 2 rings (SSSR count). The molecule has 0 N–H and O–H groups in total. The van der Waals surface area contributed by atoms with E-state index in [-0.39, 0.29) is 12.2 Å². The fourth-order valence-corrected chi connectivity index (χ4v) is 3.93. The lowest BCUT2D eigenvalue weighted by atomic mass is 9.98. The number of nitrogens with zero attached hydrogens (tertiary/aromatic N) is 1. The van der Waals surface area contributed by atoms with Crippen LogP contribution in [0.3, 0.4) is 0 Å². The number of hydrogen-bond acceptors (Lipinski definition) is 3. The first-order chi connectivity index (χ1) is 16.3. The number of carbonyl (C=O) groups excluding carboxylic acids is 1. The Morgan fingerprint density at radius 1 is 0.882 bits per heavy atom. The van der Waals surface area contributed by atoms with Gasteiger partial charge in [-0.15, -0.1) is 0 Å². The van der Waals surface area contributed by atoms with Crippen molar-refractivity contribution in [3.63, 3.8) is 0 Å². The quantitative estimate of drug-likeness (QED) is 0.146. The molecule has 1 aromatic heterocycles. The van der Waals surface area contributed by atoms with Gasteiger partial charge in [0.25, 0.3) is 0 Å². The maximum absolute atomic E-state index is 13.1. The number of ether oxygens (including phenoxy) is 1. The van der Waals surface area contributed by atoms with Gasteiger partial charge in [0.05, 0.1) is 18.0 Å². The molecule has 0 radical (unpaired) electrons. The fourth-order valence-electron chi connectivity index (χ4n) is 3.93. The van der Waals surface area contributed by atoms with Crippen LogP contribution in [0.5, 0.6) is 5.75 Å². The van der Waals surface area contributed by atoms with Crippen molar-refractivity contribution in [2.75, 3.05) is 0 Å². The van der Waals surface area contributed by atoms with E-state index in [0.717, 1.165) is 17.7 Å². The Hall–Kier alpha value is -2.37. The lowest BCUT2D eigenvalue weighted by Crippen LogP contribution is -2.27. The Morgan fingerprint density at radius 2 is 1.53 bits per heavy atom. The lowest BCUT2D eigenvalue weighted by Gasteiger charge is -2.19. The summed E-state index contributed by atoms with van der Waals surface area (Å²) >= 11 is 0. The van der Waals surface area contributed by atoms with E-state index in [0.29, 0.717) is 12.8 Å². The average Bonchev–Trinajstić information content (AvgIpc) is 2.81. The third-order valence-electron chi connectivity index (χ3n) is 6.06. The van der Waals surface area contributed by atoms with Crippen molar-refractivity contribution in [1.82, 2.24) is 4.98 Å². The highest BCUT2D eigenvalue weighted by Gasteiger charge is 2.40. The van der Waals surface area contributed by atoms with Crippen molar-refractivity contribution in [1.29, 1.82) is 0 Å². The summed E-state index contributed by atoms with van der Waals surface area (Å²) in [4.78, 5) is 16.6. The van der Waals surface area contributed by atoms with Gasteiger partial charge in [-0.05, 0) is 55.2 Å². The van der Waals surface area contributed by atoms with E-state index in [2.05, 4.69) is 18.0 Å². The van der Waals surface area contributed by atoms with Crippen molar-refractivity contribution in [2.24, 2.45) is 5.92 Å². The third-order valence-corrected chi connectivity index (χ3v) is 6.06. The zero-order valence-corrected chi connectivity index (χ0v) is 20.5. The SMILES string of the molecule is CCCCCCCCCc1ccc(-c2ccc(OC(=O)CC(CCCC)C(F)(F)F)cc2)nc1. The van der Waals surface area contributed by atoms with Gasteiger partial charge in [0.15, 0.2) is 0 Å². The first-order valence-electron chi connectivity index (χ1n) is 12.7. The Kier molecular flexibility index (Phi) is 12.1. The molecule has 2 aromatic rings. The Bertz CT molecular complexity index is 832. The molecule has 0 amide bonds. The number of benzene rings is 1.